The molecule has 3 heteroatoms. The Kier molecular flexibility index (Phi) is 3.23. The van der Waals surface area contributed by atoms with Crippen LogP contribution in [0.4, 0.5) is 0 Å². The fourth-order valence-electron chi connectivity index (χ4n) is 3.98. The highest BCUT2D eigenvalue weighted by molar-refractivity contribution is 6.19. The molecule has 1 saturated carbocycles. The van der Waals surface area contributed by atoms with Crippen LogP contribution in [0.25, 0.3) is 0 Å². The van der Waals surface area contributed by atoms with E-state index in [9.17, 15) is 9.59 Å². The SMILES string of the molecule is C[C@H]1[C@H](C)CCC[C@H]1N1C(=O)C2=C(CCCC2)C1=O. The van der Waals surface area contributed by atoms with E-state index in [4.69, 9.17) is 0 Å². The van der Waals surface area contributed by atoms with Crippen LogP contribution in [0.5, 0.6) is 0 Å². The zero-order chi connectivity index (χ0) is 13.6. The summed E-state index contributed by atoms with van der Waals surface area (Å²) in [7, 11) is 0. The summed E-state index contributed by atoms with van der Waals surface area (Å²) >= 11 is 0. The lowest BCUT2D eigenvalue weighted by Gasteiger charge is -2.39. The molecule has 2 aliphatic carbocycles. The van der Waals surface area contributed by atoms with Crippen molar-refractivity contribution in [3.8, 4) is 0 Å². The number of amides is 2. The summed E-state index contributed by atoms with van der Waals surface area (Å²) in [5, 5.41) is 0. The van der Waals surface area contributed by atoms with Gasteiger partial charge in [0.25, 0.3) is 11.8 Å². The second-order valence-corrected chi connectivity index (χ2v) is 6.48. The summed E-state index contributed by atoms with van der Waals surface area (Å²) in [4.78, 5) is 26.7. The Balaban J connectivity index is 1.87. The van der Waals surface area contributed by atoms with E-state index in [0.29, 0.717) is 11.8 Å². The van der Waals surface area contributed by atoms with Gasteiger partial charge in [-0.05, 0) is 43.9 Å². The maximum absolute atomic E-state index is 12.5. The van der Waals surface area contributed by atoms with Gasteiger partial charge in [-0.15, -0.1) is 0 Å². The molecule has 3 rings (SSSR count). The summed E-state index contributed by atoms with van der Waals surface area (Å²) in [5.41, 5.74) is 1.67. The first-order chi connectivity index (χ1) is 9.11. The average Bonchev–Trinajstić information content (AvgIpc) is 2.67. The molecule has 0 aromatic heterocycles. The molecule has 0 aromatic rings. The molecule has 0 N–H and O–H groups in total. The van der Waals surface area contributed by atoms with Crippen LogP contribution < -0.4 is 0 Å². The lowest BCUT2D eigenvalue weighted by atomic mass is 9.77. The van der Waals surface area contributed by atoms with Gasteiger partial charge in [-0.2, -0.15) is 0 Å². The van der Waals surface area contributed by atoms with E-state index >= 15 is 0 Å². The molecule has 1 fully saturated rings. The van der Waals surface area contributed by atoms with E-state index in [-0.39, 0.29) is 17.9 Å². The van der Waals surface area contributed by atoms with E-state index in [0.717, 1.165) is 49.7 Å². The van der Waals surface area contributed by atoms with Gasteiger partial charge in [0.1, 0.15) is 0 Å². The maximum Gasteiger partial charge on any atom is 0.257 e. The predicted octanol–water partition coefficient (Wildman–Crippen LogP) is 3.05. The third kappa shape index (κ3) is 1.94. The third-order valence-corrected chi connectivity index (χ3v) is 5.42. The second-order valence-electron chi connectivity index (χ2n) is 6.48. The molecule has 0 aromatic carbocycles. The number of hydrogen-bond acceptors (Lipinski definition) is 2. The number of carbonyl (C=O) groups excluding carboxylic acids is 2. The van der Waals surface area contributed by atoms with Gasteiger partial charge >= 0.3 is 0 Å². The zero-order valence-corrected chi connectivity index (χ0v) is 11.9. The standard InChI is InChI=1S/C16H23NO2/c1-10-6-5-9-14(11(10)2)17-15(18)12-7-3-4-8-13(12)16(17)19/h10-11,14H,3-9H2,1-2H3/t10-,11+,14-/m1/s1. The van der Waals surface area contributed by atoms with Gasteiger partial charge < -0.3 is 0 Å². The topological polar surface area (TPSA) is 37.4 Å². The van der Waals surface area contributed by atoms with E-state index in [1.165, 1.54) is 6.42 Å². The molecule has 3 atom stereocenters. The largest absolute Gasteiger partial charge is 0.272 e. The summed E-state index contributed by atoms with van der Waals surface area (Å²) in [6, 6.07) is 0.134. The van der Waals surface area contributed by atoms with Crippen LogP contribution >= 0.6 is 0 Å². The Morgan fingerprint density at radius 1 is 0.895 bits per heavy atom. The molecule has 0 saturated heterocycles. The van der Waals surface area contributed by atoms with Crippen molar-refractivity contribution in [2.45, 2.75) is 64.8 Å². The molecule has 3 nitrogen and oxygen atoms in total. The highest BCUT2D eigenvalue weighted by Crippen LogP contribution is 2.39. The highest BCUT2D eigenvalue weighted by atomic mass is 16.2. The van der Waals surface area contributed by atoms with Crippen molar-refractivity contribution in [3.05, 3.63) is 11.1 Å². The number of carbonyl (C=O) groups is 2. The van der Waals surface area contributed by atoms with Crippen molar-refractivity contribution >= 4 is 11.8 Å². The molecule has 2 amide bonds. The first-order valence-corrected chi connectivity index (χ1v) is 7.71. The lowest BCUT2D eigenvalue weighted by Crippen LogP contribution is -2.47. The number of rotatable bonds is 1. The molecule has 0 spiro atoms. The van der Waals surface area contributed by atoms with Crippen LogP contribution in [0.2, 0.25) is 0 Å². The molecule has 0 unspecified atom stereocenters. The fraction of sp³-hybridized carbons (Fsp3) is 0.750. The first kappa shape index (κ1) is 12.9. The number of hydrogen-bond donors (Lipinski definition) is 0. The van der Waals surface area contributed by atoms with Gasteiger partial charge in [-0.1, -0.05) is 26.7 Å². The molecule has 19 heavy (non-hydrogen) atoms. The van der Waals surface area contributed by atoms with Crippen molar-refractivity contribution < 1.29 is 9.59 Å². The molecular formula is C16H23NO2. The molecule has 104 valence electrons. The van der Waals surface area contributed by atoms with Gasteiger partial charge in [0.05, 0.1) is 0 Å². The molecule has 1 heterocycles. The van der Waals surface area contributed by atoms with Crippen LogP contribution in [0.3, 0.4) is 0 Å². The number of imide groups is 1. The summed E-state index contributed by atoms with van der Waals surface area (Å²) in [6.45, 7) is 4.45. The van der Waals surface area contributed by atoms with Gasteiger partial charge in [0.2, 0.25) is 0 Å². The fourth-order valence-corrected chi connectivity index (χ4v) is 3.98. The summed E-state index contributed by atoms with van der Waals surface area (Å²) in [6.07, 6.45) is 7.09. The monoisotopic (exact) mass is 261 g/mol. The van der Waals surface area contributed by atoms with Crippen molar-refractivity contribution in [2.24, 2.45) is 11.8 Å². The van der Waals surface area contributed by atoms with Crippen molar-refractivity contribution in [1.29, 1.82) is 0 Å². The Morgan fingerprint density at radius 3 is 2.05 bits per heavy atom. The van der Waals surface area contributed by atoms with E-state index < -0.39 is 0 Å². The predicted molar refractivity (Wildman–Crippen MR) is 73.3 cm³/mol. The first-order valence-electron chi connectivity index (χ1n) is 7.71. The van der Waals surface area contributed by atoms with Gasteiger partial charge in [-0.3, -0.25) is 14.5 Å². The lowest BCUT2D eigenvalue weighted by molar-refractivity contribution is -0.143. The maximum atomic E-state index is 12.5. The van der Waals surface area contributed by atoms with Crippen LogP contribution in [0.15, 0.2) is 11.1 Å². The number of nitrogens with zero attached hydrogens (tertiary/aromatic N) is 1. The van der Waals surface area contributed by atoms with Gasteiger partial charge in [0.15, 0.2) is 0 Å². The second kappa shape index (κ2) is 4.77. The summed E-state index contributed by atoms with van der Waals surface area (Å²) in [5.74, 6) is 1.11. The minimum atomic E-state index is 0.0330. The van der Waals surface area contributed by atoms with E-state index in [1.54, 1.807) is 4.90 Å². The van der Waals surface area contributed by atoms with Gasteiger partial charge in [0, 0.05) is 17.2 Å². The minimum absolute atomic E-state index is 0.0330. The Labute approximate surface area is 115 Å². The van der Waals surface area contributed by atoms with Crippen LogP contribution in [-0.2, 0) is 9.59 Å². The smallest absolute Gasteiger partial charge is 0.257 e. The van der Waals surface area contributed by atoms with Gasteiger partial charge in [-0.25, -0.2) is 0 Å². The minimum Gasteiger partial charge on any atom is -0.272 e. The Morgan fingerprint density at radius 2 is 1.47 bits per heavy atom. The molecule has 3 aliphatic rings. The molecule has 0 bridgehead atoms. The van der Waals surface area contributed by atoms with E-state index in [2.05, 4.69) is 13.8 Å². The molecule has 1 aliphatic heterocycles. The van der Waals surface area contributed by atoms with Crippen molar-refractivity contribution in [3.63, 3.8) is 0 Å². The third-order valence-electron chi connectivity index (χ3n) is 5.42. The highest BCUT2D eigenvalue weighted by Gasteiger charge is 2.45. The quantitative estimate of drug-likeness (QED) is 0.680. The van der Waals surface area contributed by atoms with Crippen LogP contribution in [0, 0.1) is 11.8 Å². The van der Waals surface area contributed by atoms with Crippen LogP contribution in [-0.4, -0.2) is 22.8 Å². The zero-order valence-electron chi connectivity index (χ0n) is 11.9. The van der Waals surface area contributed by atoms with E-state index in [1.807, 2.05) is 0 Å². The molecule has 0 radical (unpaired) electrons. The van der Waals surface area contributed by atoms with Crippen molar-refractivity contribution in [2.75, 3.05) is 0 Å². The normalized spacial score (nSPS) is 35.9. The Hall–Kier alpha value is -1.12. The van der Waals surface area contributed by atoms with Crippen molar-refractivity contribution in [1.82, 2.24) is 4.90 Å². The molecular weight excluding hydrogens is 238 g/mol. The van der Waals surface area contributed by atoms with Crippen LogP contribution in [0.1, 0.15) is 58.8 Å². The summed E-state index contributed by atoms with van der Waals surface area (Å²) < 4.78 is 0. The average molecular weight is 261 g/mol. The Bertz CT molecular complexity index is 424.